The van der Waals surface area contributed by atoms with Crippen molar-refractivity contribution in [2.24, 2.45) is 0 Å². The van der Waals surface area contributed by atoms with Crippen LogP contribution in [-0.2, 0) is 4.74 Å². The molecule has 0 radical (unpaired) electrons. The minimum Gasteiger partial charge on any atom is -0.451 e. The van der Waals surface area contributed by atoms with E-state index >= 15 is 0 Å². The molecule has 1 atom stereocenters. The highest BCUT2D eigenvalue weighted by Gasteiger charge is 2.25. The minimum absolute atomic E-state index is 0.220. The van der Waals surface area contributed by atoms with Crippen molar-refractivity contribution >= 4 is 11.8 Å². The van der Waals surface area contributed by atoms with Crippen LogP contribution in [0.15, 0.2) is 48.5 Å². The number of esters is 1. The van der Waals surface area contributed by atoms with Crippen molar-refractivity contribution in [2.45, 2.75) is 40.7 Å². The lowest BCUT2D eigenvalue weighted by molar-refractivity contribution is 0.0317. The molecule has 1 heterocycles. The van der Waals surface area contributed by atoms with Gasteiger partial charge in [-0.1, -0.05) is 30.3 Å². The Labute approximate surface area is 165 Å². The summed E-state index contributed by atoms with van der Waals surface area (Å²) in [6, 6.07) is 15.1. The monoisotopic (exact) mass is 376 g/mol. The number of carbonyl (C=O) groups is 2. The average Bonchev–Trinajstić information content (AvgIpc) is 2.98. The normalized spacial score (nSPS) is 11.9. The fourth-order valence-electron chi connectivity index (χ4n) is 3.16. The second-order valence-electron chi connectivity index (χ2n) is 7.00. The molecule has 1 aromatic heterocycles. The highest BCUT2D eigenvalue weighted by molar-refractivity contribution is 6.02. The van der Waals surface area contributed by atoms with E-state index in [9.17, 15) is 9.59 Å². The summed E-state index contributed by atoms with van der Waals surface area (Å²) in [5.41, 5.74) is 5.18. The maximum atomic E-state index is 12.8. The molecule has 0 fully saturated rings. The topological polar surface area (TPSA) is 61.2 Å². The smallest absolute Gasteiger partial charge is 0.342 e. The van der Waals surface area contributed by atoms with Gasteiger partial charge in [-0.2, -0.15) is 5.10 Å². The van der Waals surface area contributed by atoms with Crippen LogP contribution in [0.5, 0.6) is 0 Å². The van der Waals surface area contributed by atoms with Gasteiger partial charge in [0.25, 0.3) is 0 Å². The van der Waals surface area contributed by atoms with Crippen LogP contribution in [0.4, 0.5) is 0 Å². The molecular weight excluding hydrogens is 352 g/mol. The third-order valence-corrected chi connectivity index (χ3v) is 4.94. The molecule has 0 amide bonds. The van der Waals surface area contributed by atoms with Gasteiger partial charge in [-0.3, -0.25) is 4.79 Å². The molecule has 2 aromatic carbocycles. The molecule has 0 saturated carbocycles. The van der Waals surface area contributed by atoms with Crippen LogP contribution in [0.1, 0.15) is 50.2 Å². The second kappa shape index (κ2) is 7.80. The van der Waals surface area contributed by atoms with Gasteiger partial charge >= 0.3 is 5.97 Å². The zero-order valence-corrected chi connectivity index (χ0v) is 16.8. The van der Waals surface area contributed by atoms with Gasteiger partial charge in [0, 0.05) is 5.56 Å². The predicted molar refractivity (Wildman–Crippen MR) is 108 cm³/mol. The number of nitrogens with zero attached hydrogens (tertiary/aromatic N) is 2. The number of rotatable bonds is 5. The summed E-state index contributed by atoms with van der Waals surface area (Å²) in [5, 5.41) is 4.46. The summed E-state index contributed by atoms with van der Waals surface area (Å²) in [6.07, 6.45) is -0.881. The number of Topliss-reactive ketones (excluding diaryl/α,β-unsaturated/α-hetero) is 1. The largest absolute Gasteiger partial charge is 0.451 e. The first-order valence-electron chi connectivity index (χ1n) is 9.23. The summed E-state index contributed by atoms with van der Waals surface area (Å²) in [7, 11) is 0. The Morgan fingerprint density at radius 2 is 1.64 bits per heavy atom. The van der Waals surface area contributed by atoms with Crippen molar-refractivity contribution in [3.8, 4) is 5.69 Å². The van der Waals surface area contributed by atoms with Gasteiger partial charge in [0.15, 0.2) is 6.10 Å². The van der Waals surface area contributed by atoms with Crippen molar-refractivity contribution in [2.75, 3.05) is 0 Å². The fraction of sp³-hybridized carbons (Fsp3) is 0.261. The molecule has 0 saturated heterocycles. The first-order chi connectivity index (χ1) is 13.3. The third kappa shape index (κ3) is 3.74. The van der Waals surface area contributed by atoms with Crippen LogP contribution in [0.3, 0.4) is 0 Å². The van der Waals surface area contributed by atoms with Crippen LogP contribution in [0.2, 0.25) is 0 Å². The molecule has 0 bridgehead atoms. The summed E-state index contributed by atoms with van der Waals surface area (Å²) in [5.74, 6) is -0.760. The lowest BCUT2D eigenvalue weighted by Gasteiger charge is -2.13. The first kappa shape index (κ1) is 19.5. The van der Waals surface area contributed by atoms with E-state index in [1.54, 1.807) is 24.6 Å². The Bertz CT molecular complexity index is 1040. The molecule has 0 aliphatic heterocycles. The van der Waals surface area contributed by atoms with Gasteiger partial charge in [0.05, 0.1) is 17.1 Å². The zero-order valence-electron chi connectivity index (χ0n) is 16.8. The maximum absolute atomic E-state index is 12.8. The van der Waals surface area contributed by atoms with Crippen molar-refractivity contribution in [1.29, 1.82) is 0 Å². The van der Waals surface area contributed by atoms with E-state index in [0.29, 0.717) is 22.5 Å². The van der Waals surface area contributed by atoms with E-state index in [0.717, 1.165) is 16.8 Å². The van der Waals surface area contributed by atoms with E-state index in [4.69, 9.17) is 4.74 Å². The van der Waals surface area contributed by atoms with Crippen LogP contribution >= 0.6 is 0 Å². The van der Waals surface area contributed by atoms with Gasteiger partial charge < -0.3 is 4.74 Å². The average molecular weight is 376 g/mol. The second-order valence-corrected chi connectivity index (χ2v) is 7.00. The van der Waals surface area contributed by atoms with Gasteiger partial charge in [-0.25, -0.2) is 9.48 Å². The van der Waals surface area contributed by atoms with Crippen LogP contribution in [0, 0.1) is 27.7 Å². The fourth-order valence-corrected chi connectivity index (χ4v) is 3.16. The third-order valence-electron chi connectivity index (χ3n) is 4.94. The van der Waals surface area contributed by atoms with Crippen molar-refractivity contribution in [1.82, 2.24) is 9.78 Å². The molecule has 3 aromatic rings. The number of ketones is 1. The molecule has 0 unspecified atom stereocenters. The van der Waals surface area contributed by atoms with Crippen molar-refractivity contribution < 1.29 is 14.3 Å². The standard InChI is InChI=1S/C23H24N2O3/c1-14-11-12-19(13-15(14)2)22(26)18(5)28-23(27)21-16(3)24-25(17(21)4)20-9-7-6-8-10-20/h6-13,18H,1-5H3/t18-/m0/s1. The SMILES string of the molecule is Cc1ccc(C(=O)[C@H](C)OC(=O)c2c(C)nn(-c3ccccc3)c2C)cc1C. The molecule has 0 N–H and O–H groups in total. The molecule has 144 valence electrons. The molecular formula is C23H24N2O3. The van der Waals surface area contributed by atoms with Crippen LogP contribution in [0.25, 0.3) is 5.69 Å². The summed E-state index contributed by atoms with van der Waals surface area (Å²) in [6.45, 7) is 9.12. The van der Waals surface area contributed by atoms with Gasteiger partial charge in [0.1, 0.15) is 5.56 Å². The Kier molecular flexibility index (Phi) is 5.45. The highest BCUT2D eigenvalue weighted by atomic mass is 16.5. The zero-order chi connectivity index (χ0) is 20.4. The Balaban J connectivity index is 1.82. The molecule has 0 spiro atoms. The van der Waals surface area contributed by atoms with E-state index in [-0.39, 0.29) is 5.78 Å². The number of benzene rings is 2. The lowest BCUT2D eigenvalue weighted by atomic mass is 10.0. The van der Waals surface area contributed by atoms with Crippen LogP contribution < -0.4 is 0 Å². The van der Waals surface area contributed by atoms with Crippen molar-refractivity contribution in [3.05, 3.63) is 82.2 Å². The highest BCUT2D eigenvalue weighted by Crippen LogP contribution is 2.20. The number of hydrogen-bond donors (Lipinski definition) is 0. The van der Waals surface area contributed by atoms with E-state index in [1.165, 1.54) is 0 Å². The van der Waals surface area contributed by atoms with E-state index < -0.39 is 12.1 Å². The van der Waals surface area contributed by atoms with Crippen molar-refractivity contribution in [3.63, 3.8) is 0 Å². The molecule has 5 nitrogen and oxygen atoms in total. The maximum Gasteiger partial charge on any atom is 0.342 e. The Morgan fingerprint density at radius 1 is 0.964 bits per heavy atom. The number of aryl methyl sites for hydroxylation is 3. The summed E-state index contributed by atoms with van der Waals surface area (Å²) in [4.78, 5) is 25.4. The molecule has 5 heteroatoms. The number of ether oxygens (including phenoxy) is 1. The van der Waals surface area contributed by atoms with E-state index in [2.05, 4.69) is 5.10 Å². The predicted octanol–water partition coefficient (Wildman–Crippen LogP) is 4.53. The Morgan fingerprint density at radius 3 is 2.29 bits per heavy atom. The van der Waals surface area contributed by atoms with E-state index in [1.807, 2.05) is 63.2 Å². The Hall–Kier alpha value is -3.21. The lowest BCUT2D eigenvalue weighted by Crippen LogP contribution is -2.25. The van der Waals surface area contributed by atoms with Gasteiger partial charge in [-0.05, 0) is 63.9 Å². The minimum atomic E-state index is -0.881. The number of para-hydroxylation sites is 1. The summed E-state index contributed by atoms with van der Waals surface area (Å²) >= 11 is 0. The number of hydrogen-bond acceptors (Lipinski definition) is 4. The molecule has 3 rings (SSSR count). The summed E-state index contributed by atoms with van der Waals surface area (Å²) < 4.78 is 7.20. The quantitative estimate of drug-likeness (QED) is 0.485. The molecule has 0 aliphatic rings. The van der Waals surface area contributed by atoms with Crippen LogP contribution in [-0.4, -0.2) is 27.6 Å². The molecule has 0 aliphatic carbocycles. The van der Waals surface area contributed by atoms with Gasteiger partial charge in [-0.15, -0.1) is 0 Å². The molecule has 28 heavy (non-hydrogen) atoms. The number of aromatic nitrogens is 2. The first-order valence-corrected chi connectivity index (χ1v) is 9.23. The van der Waals surface area contributed by atoms with Gasteiger partial charge in [0.2, 0.25) is 5.78 Å². The number of carbonyl (C=O) groups excluding carboxylic acids is 2.